The number of rotatable bonds is 2. The van der Waals surface area contributed by atoms with Gasteiger partial charge in [0.1, 0.15) is 0 Å². The van der Waals surface area contributed by atoms with Crippen LogP contribution in [0.4, 0.5) is 11.6 Å². The summed E-state index contributed by atoms with van der Waals surface area (Å²) in [4.78, 5) is 15.8. The fourth-order valence-corrected chi connectivity index (χ4v) is 3.92. The van der Waals surface area contributed by atoms with Crippen LogP contribution >= 0.6 is 23.8 Å². The minimum atomic E-state index is 0.304. The van der Waals surface area contributed by atoms with Gasteiger partial charge in [-0.3, -0.25) is 5.32 Å². The molecular weight excluding hydrogens is 428 g/mol. The van der Waals surface area contributed by atoms with Crippen molar-refractivity contribution in [2.75, 3.05) is 17.2 Å². The molecule has 0 radical (unpaired) electrons. The van der Waals surface area contributed by atoms with E-state index in [1.165, 1.54) is 11.1 Å². The Bertz CT molecular complexity index is 1130. The Morgan fingerprint density at radius 1 is 1.00 bits per heavy atom. The molecule has 8 heteroatoms. The van der Waals surface area contributed by atoms with Crippen LogP contribution in [0, 0.1) is 13.8 Å². The van der Waals surface area contributed by atoms with Gasteiger partial charge in [0.2, 0.25) is 17.0 Å². The Morgan fingerprint density at radius 2 is 1.68 bits per heavy atom. The van der Waals surface area contributed by atoms with Crippen LogP contribution in [0.3, 0.4) is 0 Å². The third-order valence-electron chi connectivity index (χ3n) is 4.96. The number of aryl methyl sites for hydroxylation is 2. The summed E-state index contributed by atoms with van der Waals surface area (Å²) >= 11 is 11.8. The highest BCUT2D eigenvalue weighted by Crippen LogP contribution is 2.22. The zero-order valence-corrected chi connectivity index (χ0v) is 19.0. The van der Waals surface area contributed by atoms with Gasteiger partial charge in [0.05, 0.1) is 10.7 Å². The van der Waals surface area contributed by atoms with Gasteiger partial charge in [-0.15, -0.1) is 0 Å². The zero-order chi connectivity index (χ0) is 21.8. The van der Waals surface area contributed by atoms with Crippen LogP contribution in [0.5, 0.6) is 0 Å². The highest BCUT2D eigenvalue weighted by molar-refractivity contribution is 7.80. The molecule has 0 spiro atoms. The largest absolute Gasteiger partial charge is 0.338 e. The van der Waals surface area contributed by atoms with E-state index in [0.717, 1.165) is 30.9 Å². The highest BCUT2D eigenvalue weighted by Gasteiger charge is 2.21. The second-order valence-electron chi connectivity index (χ2n) is 7.38. The third kappa shape index (κ3) is 5.37. The molecule has 0 amide bonds. The smallest absolute Gasteiger partial charge is 0.229 e. The average molecular weight is 451 g/mol. The zero-order valence-electron chi connectivity index (χ0n) is 17.4. The summed E-state index contributed by atoms with van der Waals surface area (Å²) < 4.78 is 0. The lowest BCUT2D eigenvalue weighted by molar-refractivity contribution is 0.393. The van der Waals surface area contributed by atoms with Gasteiger partial charge in [0, 0.05) is 24.5 Å². The molecule has 0 unspecified atom stereocenters. The Morgan fingerprint density at radius 3 is 2.42 bits per heavy atom. The molecular formula is C23H23ClN6S. The maximum atomic E-state index is 6.26. The Balaban J connectivity index is 1.62. The first-order valence-electron chi connectivity index (χ1n) is 10.0. The van der Waals surface area contributed by atoms with Crippen LogP contribution in [-0.2, 0) is 13.0 Å². The van der Waals surface area contributed by atoms with Crippen LogP contribution in [0.1, 0.15) is 22.5 Å². The first kappa shape index (κ1) is 21.2. The molecule has 0 fully saturated rings. The van der Waals surface area contributed by atoms with Crippen molar-refractivity contribution in [1.29, 1.82) is 0 Å². The van der Waals surface area contributed by atoms with E-state index in [2.05, 4.69) is 54.8 Å². The number of anilines is 2. The van der Waals surface area contributed by atoms with E-state index >= 15 is 0 Å². The SMILES string of the molecule is Cc1cc(C)nc(N/C(=N/C(=S)Nc2ccccc2Cl)N2CCc3ccccc3C2)n1. The van der Waals surface area contributed by atoms with E-state index in [-0.39, 0.29) is 0 Å². The standard InChI is InChI=1S/C23H23ClN6S/c1-15-13-16(2)26-21(25-15)28-22(29-23(31)27-20-10-6-5-9-19(20)24)30-12-11-17-7-3-4-8-18(17)14-30/h3-10,13H,11-12,14H2,1-2H3,(H2,25,26,27,28,29,31). The number of hydrogen-bond donors (Lipinski definition) is 2. The normalized spacial score (nSPS) is 13.5. The van der Waals surface area contributed by atoms with Gasteiger partial charge in [-0.1, -0.05) is 48.0 Å². The number of fused-ring (bicyclic) bond motifs is 1. The molecule has 1 aliphatic rings. The lowest BCUT2D eigenvalue weighted by Crippen LogP contribution is -2.41. The number of thiocarbonyl (C=S) groups is 1. The van der Waals surface area contributed by atoms with Crippen LogP contribution in [0.25, 0.3) is 0 Å². The number of guanidine groups is 1. The van der Waals surface area contributed by atoms with Gasteiger partial charge in [0.25, 0.3) is 0 Å². The van der Waals surface area contributed by atoms with Crippen molar-refractivity contribution in [2.45, 2.75) is 26.8 Å². The van der Waals surface area contributed by atoms with Crippen molar-refractivity contribution in [3.63, 3.8) is 0 Å². The number of para-hydroxylation sites is 1. The summed E-state index contributed by atoms with van der Waals surface area (Å²) in [6.45, 7) is 5.42. The van der Waals surface area contributed by atoms with E-state index < -0.39 is 0 Å². The molecule has 31 heavy (non-hydrogen) atoms. The number of hydrogen-bond acceptors (Lipinski definition) is 3. The number of aromatic nitrogens is 2. The minimum Gasteiger partial charge on any atom is -0.338 e. The molecule has 0 saturated heterocycles. The summed E-state index contributed by atoms with van der Waals surface area (Å²) in [5.74, 6) is 1.10. The summed E-state index contributed by atoms with van der Waals surface area (Å²) in [6, 6.07) is 17.8. The summed E-state index contributed by atoms with van der Waals surface area (Å²) in [5, 5.41) is 7.28. The van der Waals surface area contributed by atoms with Gasteiger partial charge in [-0.25, -0.2) is 9.97 Å². The van der Waals surface area contributed by atoms with Gasteiger partial charge in [0.15, 0.2) is 0 Å². The van der Waals surface area contributed by atoms with E-state index in [1.807, 2.05) is 38.1 Å². The molecule has 0 saturated carbocycles. The molecule has 3 aromatic rings. The molecule has 0 bridgehead atoms. The van der Waals surface area contributed by atoms with Crippen LogP contribution in [0.15, 0.2) is 59.6 Å². The second-order valence-corrected chi connectivity index (χ2v) is 8.18. The van der Waals surface area contributed by atoms with Crippen LogP contribution in [0.2, 0.25) is 5.02 Å². The molecule has 2 aromatic carbocycles. The molecule has 2 N–H and O–H groups in total. The molecule has 6 nitrogen and oxygen atoms in total. The quantitative estimate of drug-likeness (QED) is 0.326. The molecule has 0 aliphatic carbocycles. The second kappa shape index (κ2) is 9.41. The summed E-state index contributed by atoms with van der Waals surface area (Å²) in [7, 11) is 0. The Kier molecular flexibility index (Phi) is 6.44. The fourth-order valence-electron chi connectivity index (χ4n) is 3.54. The first-order valence-corrected chi connectivity index (χ1v) is 10.8. The average Bonchev–Trinajstić information content (AvgIpc) is 2.74. The number of halogens is 1. The van der Waals surface area contributed by atoms with Crippen molar-refractivity contribution >= 4 is 46.5 Å². The first-order chi connectivity index (χ1) is 15.0. The van der Waals surface area contributed by atoms with Crippen molar-refractivity contribution in [1.82, 2.24) is 14.9 Å². The summed E-state index contributed by atoms with van der Waals surface area (Å²) in [6.07, 6.45) is 0.926. The molecule has 1 aliphatic heterocycles. The van der Waals surface area contributed by atoms with Crippen molar-refractivity contribution in [3.05, 3.63) is 82.1 Å². The monoisotopic (exact) mass is 450 g/mol. The number of nitrogens with zero attached hydrogens (tertiary/aromatic N) is 4. The molecule has 158 valence electrons. The Hall–Kier alpha value is -3.03. The minimum absolute atomic E-state index is 0.304. The predicted octanol–water partition coefficient (Wildman–Crippen LogP) is 4.97. The summed E-state index contributed by atoms with van der Waals surface area (Å²) in [5.41, 5.74) is 5.11. The lowest BCUT2D eigenvalue weighted by Gasteiger charge is -2.31. The van der Waals surface area contributed by atoms with Crippen molar-refractivity contribution in [3.8, 4) is 0 Å². The van der Waals surface area contributed by atoms with Gasteiger partial charge < -0.3 is 10.2 Å². The molecule has 0 atom stereocenters. The van der Waals surface area contributed by atoms with Crippen LogP contribution < -0.4 is 10.6 Å². The van der Waals surface area contributed by atoms with E-state index in [1.54, 1.807) is 6.07 Å². The topological polar surface area (TPSA) is 65.4 Å². The number of nitrogens with one attached hydrogen (secondary N) is 2. The van der Waals surface area contributed by atoms with Crippen molar-refractivity contribution in [2.24, 2.45) is 4.99 Å². The van der Waals surface area contributed by atoms with Gasteiger partial charge in [-0.2, -0.15) is 4.99 Å². The molecule has 2 heterocycles. The third-order valence-corrected chi connectivity index (χ3v) is 5.48. The number of aliphatic imine (C=N–C) groups is 1. The molecule has 4 rings (SSSR count). The van der Waals surface area contributed by atoms with E-state index in [0.29, 0.717) is 27.7 Å². The Labute approximate surface area is 192 Å². The molecule has 1 aromatic heterocycles. The highest BCUT2D eigenvalue weighted by atomic mass is 35.5. The van der Waals surface area contributed by atoms with Gasteiger partial charge in [-0.05, 0) is 61.8 Å². The maximum Gasteiger partial charge on any atom is 0.229 e. The van der Waals surface area contributed by atoms with Crippen molar-refractivity contribution < 1.29 is 0 Å². The number of benzene rings is 2. The van der Waals surface area contributed by atoms with Crippen LogP contribution in [-0.4, -0.2) is 32.5 Å². The van der Waals surface area contributed by atoms with E-state index in [9.17, 15) is 0 Å². The maximum absolute atomic E-state index is 6.26. The predicted molar refractivity (Wildman–Crippen MR) is 131 cm³/mol. The van der Waals surface area contributed by atoms with Gasteiger partial charge >= 0.3 is 0 Å². The van der Waals surface area contributed by atoms with E-state index in [4.69, 9.17) is 23.8 Å². The fraction of sp³-hybridized carbons (Fsp3) is 0.217. The lowest BCUT2D eigenvalue weighted by atomic mass is 10.0.